The van der Waals surface area contributed by atoms with E-state index < -0.39 is 0 Å². The van der Waals surface area contributed by atoms with Crippen LogP contribution in [0, 0.1) is 6.92 Å². The molecule has 150 valence electrons. The van der Waals surface area contributed by atoms with Crippen molar-refractivity contribution in [2.24, 2.45) is 0 Å². The van der Waals surface area contributed by atoms with Gasteiger partial charge >= 0.3 is 0 Å². The van der Waals surface area contributed by atoms with Gasteiger partial charge in [0.1, 0.15) is 18.1 Å². The van der Waals surface area contributed by atoms with Crippen LogP contribution in [0.3, 0.4) is 0 Å². The molecule has 3 aromatic rings. The lowest BCUT2D eigenvalue weighted by Gasteiger charge is -2.14. The van der Waals surface area contributed by atoms with Crippen molar-refractivity contribution in [1.82, 2.24) is 0 Å². The van der Waals surface area contributed by atoms with Gasteiger partial charge in [-0.15, -0.1) is 0 Å². The number of amides is 1. The van der Waals surface area contributed by atoms with E-state index >= 15 is 0 Å². The first-order valence-electron chi connectivity index (χ1n) is 9.18. The van der Waals surface area contributed by atoms with Crippen molar-refractivity contribution in [1.29, 1.82) is 0 Å². The van der Waals surface area contributed by atoms with E-state index in [1.807, 2.05) is 38.1 Å². The Labute approximate surface area is 180 Å². The van der Waals surface area contributed by atoms with Gasteiger partial charge in [0.05, 0.1) is 17.3 Å². The fraction of sp³-hybridized carbons (Fsp3) is 0.174. The Kier molecular flexibility index (Phi) is 7.02. The van der Waals surface area contributed by atoms with Crippen molar-refractivity contribution in [2.45, 2.75) is 20.5 Å². The van der Waals surface area contributed by atoms with Gasteiger partial charge in [0.2, 0.25) is 0 Å². The molecule has 0 saturated carbocycles. The molecule has 6 heteroatoms. The number of halogens is 2. The quantitative estimate of drug-likeness (QED) is 0.464. The first kappa shape index (κ1) is 21.0. The second-order valence-corrected chi connectivity index (χ2v) is 7.28. The zero-order chi connectivity index (χ0) is 20.8. The van der Waals surface area contributed by atoms with Gasteiger partial charge in [-0.05, 0) is 67.9 Å². The Morgan fingerprint density at radius 2 is 1.83 bits per heavy atom. The highest BCUT2D eigenvalue weighted by Crippen LogP contribution is 2.27. The van der Waals surface area contributed by atoms with Crippen molar-refractivity contribution in [3.05, 3.63) is 87.4 Å². The molecule has 3 rings (SSSR count). The Morgan fingerprint density at radius 3 is 2.55 bits per heavy atom. The minimum atomic E-state index is -0.283. The summed E-state index contributed by atoms with van der Waals surface area (Å²) in [6.07, 6.45) is 0. The summed E-state index contributed by atoms with van der Waals surface area (Å²) < 4.78 is 11.6. The zero-order valence-electron chi connectivity index (χ0n) is 16.2. The van der Waals surface area contributed by atoms with E-state index in [1.54, 1.807) is 36.4 Å². The number of nitrogens with one attached hydrogen (secondary N) is 1. The van der Waals surface area contributed by atoms with Crippen LogP contribution in [0.5, 0.6) is 11.5 Å². The first-order valence-corrected chi connectivity index (χ1v) is 9.93. The summed E-state index contributed by atoms with van der Waals surface area (Å²) in [5.74, 6) is 1.16. The van der Waals surface area contributed by atoms with Gasteiger partial charge in [0.25, 0.3) is 5.91 Å². The average molecular weight is 430 g/mol. The summed E-state index contributed by atoms with van der Waals surface area (Å²) >= 11 is 12.1. The second-order valence-electron chi connectivity index (χ2n) is 6.44. The average Bonchev–Trinajstić information content (AvgIpc) is 2.69. The lowest BCUT2D eigenvalue weighted by Crippen LogP contribution is -2.13. The van der Waals surface area contributed by atoms with Gasteiger partial charge in [-0.3, -0.25) is 4.79 Å². The molecule has 0 heterocycles. The molecular weight excluding hydrogens is 409 g/mol. The third-order valence-electron chi connectivity index (χ3n) is 4.19. The van der Waals surface area contributed by atoms with E-state index in [9.17, 15) is 4.79 Å². The van der Waals surface area contributed by atoms with Gasteiger partial charge in [0.15, 0.2) is 0 Å². The number of hydrogen-bond donors (Lipinski definition) is 1. The van der Waals surface area contributed by atoms with Crippen molar-refractivity contribution in [3.8, 4) is 11.5 Å². The molecule has 0 unspecified atom stereocenters. The summed E-state index contributed by atoms with van der Waals surface area (Å²) in [6.45, 7) is 4.71. The topological polar surface area (TPSA) is 47.6 Å². The maximum atomic E-state index is 12.7. The van der Waals surface area contributed by atoms with Crippen LogP contribution in [0.1, 0.15) is 28.4 Å². The van der Waals surface area contributed by atoms with Gasteiger partial charge < -0.3 is 14.8 Å². The van der Waals surface area contributed by atoms with Crippen LogP contribution in [-0.2, 0) is 6.61 Å². The minimum Gasteiger partial charge on any atom is -0.493 e. The summed E-state index contributed by atoms with van der Waals surface area (Å²) in [6, 6.07) is 18.0. The number of benzene rings is 3. The molecule has 0 aliphatic rings. The van der Waals surface area contributed by atoms with Crippen LogP contribution in [-0.4, -0.2) is 12.5 Å². The van der Waals surface area contributed by atoms with Crippen LogP contribution < -0.4 is 14.8 Å². The Bertz CT molecular complexity index is 1020. The van der Waals surface area contributed by atoms with Gasteiger partial charge in [0, 0.05) is 16.1 Å². The number of aryl methyl sites for hydroxylation is 1. The molecule has 0 aliphatic heterocycles. The molecule has 1 amide bonds. The molecule has 4 nitrogen and oxygen atoms in total. The third kappa shape index (κ3) is 5.66. The van der Waals surface area contributed by atoms with E-state index in [-0.39, 0.29) is 12.5 Å². The predicted molar refractivity (Wildman–Crippen MR) is 118 cm³/mol. The normalized spacial score (nSPS) is 10.5. The molecular formula is C23H21Cl2NO3. The SMILES string of the molecule is CCOc1ccc(C(=O)Nc2ccc(Cl)cc2Cl)cc1COc1cccc(C)c1. The summed E-state index contributed by atoms with van der Waals surface area (Å²) in [5, 5.41) is 3.68. The number of carbonyl (C=O) groups is 1. The van der Waals surface area contributed by atoms with Crippen LogP contribution >= 0.6 is 23.2 Å². The first-order chi connectivity index (χ1) is 14.0. The van der Waals surface area contributed by atoms with Gasteiger partial charge in [-0.2, -0.15) is 0 Å². The molecule has 3 aromatic carbocycles. The van der Waals surface area contributed by atoms with E-state index in [4.69, 9.17) is 32.7 Å². The minimum absolute atomic E-state index is 0.279. The monoisotopic (exact) mass is 429 g/mol. The van der Waals surface area contributed by atoms with Gasteiger partial charge in [-0.25, -0.2) is 0 Å². The van der Waals surface area contributed by atoms with E-state index in [0.29, 0.717) is 33.7 Å². The van der Waals surface area contributed by atoms with Gasteiger partial charge in [-0.1, -0.05) is 35.3 Å². The Hall–Kier alpha value is -2.69. The molecule has 0 radical (unpaired) electrons. The van der Waals surface area contributed by atoms with Crippen LogP contribution in [0.2, 0.25) is 10.0 Å². The summed E-state index contributed by atoms with van der Waals surface area (Å²) in [7, 11) is 0. The van der Waals surface area contributed by atoms with Crippen LogP contribution in [0.4, 0.5) is 5.69 Å². The maximum Gasteiger partial charge on any atom is 0.255 e. The van der Waals surface area contributed by atoms with Crippen molar-refractivity contribution in [2.75, 3.05) is 11.9 Å². The maximum absolute atomic E-state index is 12.7. The van der Waals surface area contributed by atoms with Crippen LogP contribution in [0.25, 0.3) is 0 Å². The second kappa shape index (κ2) is 9.68. The largest absolute Gasteiger partial charge is 0.493 e. The molecule has 0 aliphatic carbocycles. The smallest absolute Gasteiger partial charge is 0.255 e. The number of hydrogen-bond acceptors (Lipinski definition) is 3. The van der Waals surface area contributed by atoms with E-state index in [2.05, 4.69) is 5.32 Å². The summed E-state index contributed by atoms with van der Waals surface area (Å²) in [5.41, 5.74) is 2.86. The Morgan fingerprint density at radius 1 is 1.00 bits per heavy atom. The number of rotatable bonds is 7. The lowest BCUT2D eigenvalue weighted by molar-refractivity contribution is 0.102. The number of anilines is 1. The number of carbonyl (C=O) groups excluding carboxylic acids is 1. The molecule has 0 bridgehead atoms. The highest BCUT2D eigenvalue weighted by molar-refractivity contribution is 6.36. The molecule has 0 saturated heterocycles. The molecule has 29 heavy (non-hydrogen) atoms. The van der Waals surface area contributed by atoms with Crippen molar-refractivity contribution < 1.29 is 14.3 Å². The van der Waals surface area contributed by atoms with E-state index in [1.165, 1.54) is 0 Å². The van der Waals surface area contributed by atoms with E-state index in [0.717, 1.165) is 16.9 Å². The number of ether oxygens (including phenoxy) is 2. The molecule has 0 atom stereocenters. The molecule has 0 aromatic heterocycles. The molecule has 0 fully saturated rings. The fourth-order valence-corrected chi connectivity index (χ4v) is 3.24. The lowest BCUT2D eigenvalue weighted by atomic mass is 10.1. The standard InChI is InChI=1S/C23H21Cl2NO3/c1-3-28-22-10-7-16(23(27)26-21-9-8-18(24)13-20(21)25)12-17(22)14-29-19-6-4-5-15(2)11-19/h4-13H,3,14H2,1-2H3,(H,26,27). The van der Waals surface area contributed by atoms with Crippen LogP contribution in [0.15, 0.2) is 60.7 Å². The predicted octanol–water partition coefficient (Wildman–Crippen LogP) is 6.53. The molecule has 1 N–H and O–H groups in total. The summed E-state index contributed by atoms with van der Waals surface area (Å²) in [4.78, 5) is 12.7. The highest BCUT2D eigenvalue weighted by Gasteiger charge is 2.13. The Balaban J connectivity index is 1.80. The van der Waals surface area contributed by atoms with Crippen molar-refractivity contribution >= 4 is 34.8 Å². The molecule has 0 spiro atoms. The fourth-order valence-electron chi connectivity index (χ4n) is 2.78. The third-order valence-corrected chi connectivity index (χ3v) is 4.73. The highest BCUT2D eigenvalue weighted by atomic mass is 35.5. The van der Waals surface area contributed by atoms with Crippen molar-refractivity contribution in [3.63, 3.8) is 0 Å². The zero-order valence-corrected chi connectivity index (χ0v) is 17.7.